The Labute approximate surface area is 121 Å². The van der Waals surface area contributed by atoms with Crippen LogP contribution in [0, 0.1) is 16.7 Å². The highest BCUT2D eigenvalue weighted by Crippen LogP contribution is 2.20. The van der Waals surface area contributed by atoms with Crippen LogP contribution >= 0.6 is 0 Å². The first-order chi connectivity index (χ1) is 9.24. The zero-order chi connectivity index (χ0) is 15.3. The second-order valence-electron chi connectivity index (χ2n) is 6.24. The average molecular weight is 273 g/mol. The molecule has 1 atom stereocenters. The van der Waals surface area contributed by atoms with Crippen molar-refractivity contribution >= 4 is 5.91 Å². The normalized spacial score (nSPS) is 12.6. The molecule has 0 aliphatic heterocycles. The summed E-state index contributed by atoms with van der Waals surface area (Å²) in [5.74, 6) is 0.0229. The maximum atomic E-state index is 12.1. The van der Waals surface area contributed by atoms with Gasteiger partial charge in [0.05, 0.1) is 11.6 Å². The highest BCUT2D eigenvalue weighted by molar-refractivity contribution is 5.76. The number of amides is 1. The van der Waals surface area contributed by atoms with Gasteiger partial charge in [-0.05, 0) is 23.1 Å². The minimum Gasteiger partial charge on any atom is -0.341 e. The fourth-order valence-electron chi connectivity index (χ4n) is 1.75. The van der Waals surface area contributed by atoms with Crippen molar-refractivity contribution in [1.29, 1.82) is 5.26 Å². The fraction of sp³-hybridized carbons (Fsp3) is 0.500. The fourth-order valence-corrected chi connectivity index (χ4v) is 1.75. The first-order valence-corrected chi connectivity index (χ1v) is 6.72. The third-order valence-electron chi connectivity index (χ3n) is 3.41. The standard InChI is InChI=1S/C16H23N3O/c1-16(2,3)14(18)9-15(20)19(4)11-13-7-5-6-12(8-13)10-17/h5-8,14H,9,11,18H2,1-4H3. The average Bonchev–Trinajstić information content (AvgIpc) is 2.37. The van der Waals surface area contributed by atoms with Gasteiger partial charge in [-0.1, -0.05) is 32.9 Å². The first kappa shape index (κ1) is 16.2. The maximum Gasteiger partial charge on any atom is 0.224 e. The van der Waals surface area contributed by atoms with Crippen LogP contribution in [0.25, 0.3) is 0 Å². The molecule has 0 aromatic heterocycles. The lowest BCUT2D eigenvalue weighted by molar-refractivity contribution is -0.131. The zero-order valence-electron chi connectivity index (χ0n) is 12.7. The lowest BCUT2D eigenvalue weighted by Crippen LogP contribution is -2.40. The molecule has 0 saturated heterocycles. The first-order valence-electron chi connectivity index (χ1n) is 6.72. The van der Waals surface area contributed by atoms with Gasteiger partial charge in [-0.25, -0.2) is 0 Å². The van der Waals surface area contributed by atoms with Crippen LogP contribution in [0.15, 0.2) is 24.3 Å². The largest absolute Gasteiger partial charge is 0.341 e. The summed E-state index contributed by atoms with van der Waals surface area (Å²) in [6.07, 6.45) is 0.331. The molecule has 1 unspecified atom stereocenters. The Morgan fingerprint density at radius 1 is 1.45 bits per heavy atom. The number of nitrogens with zero attached hydrogens (tertiary/aromatic N) is 2. The van der Waals surface area contributed by atoms with Crippen molar-refractivity contribution in [2.75, 3.05) is 7.05 Å². The van der Waals surface area contributed by atoms with Crippen LogP contribution in [0.3, 0.4) is 0 Å². The Kier molecular flexibility index (Phi) is 5.29. The molecule has 4 heteroatoms. The van der Waals surface area contributed by atoms with Crippen molar-refractivity contribution in [3.05, 3.63) is 35.4 Å². The van der Waals surface area contributed by atoms with Crippen molar-refractivity contribution in [2.45, 2.75) is 39.8 Å². The summed E-state index contributed by atoms with van der Waals surface area (Å²) in [5.41, 5.74) is 7.51. The molecule has 0 saturated carbocycles. The monoisotopic (exact) mass is 273 g/mol. The van der Waals surface area contributed by atoms with E-state index >= 15 is 0 Å². The lowest BCUT2D eigenvalue weighted by Gasteiger charge is -2.28. The second kappa shape index (κ2) is 6.53. The smallest absolute Gasteiger partial charge is 0.224 e. The number of hydrogen-bond acceptors (Lipinski definition) is 3. The van der Waals surface area contributed by atoms with Gasteiger partial charge in [-0.3, -0.25) is 4.79 Å². The van der Waals surface area contributed by atoms with Gasteiger partial charge in [0.25, 0.3) is 0 Å². The molecule has 1 aromatic rings. The van der Waals surface area contributed by atoms with Crippen molar-refractivity contribution in [1.82, 2.24) is 4.90 Å². The number of carbonyl (C=O) groups excluding carboxylic acids is 1. The van der Waals surface area contributed by atoms with E-state index in [2.05, 4.69) is 6.07 Å². The quantitative estimate of drug-likeness (QED) is 0.915. The van der Waals surface area contributed by atoms with Crippen LogP contribution < -0.4 is 5.73 Å². The molecule has 0 aliphatic rings. The van der Waals surface area contributed by atoms with E-state index in [9.17, 15) is 4.79 Å². The summed E-state index contributed by atoms with van der Waals surface area (Å²) in [5, 5.41) is 8.87. The molecule has 108 valence electrons. The minimum atomic E-state index is -0.164. The van der Waals surface area contributed by atoms with Gasteiger partial charge in [-0.15, -0.1) is 0 Å². The molecular weight excluding hydrogens is 250 g/mol. The van der Waals surface area contributed by atoms with Crippen molar-refractivity contribution < 1.29 is 4.79 Å². The molecule has 0 radical (unpaired) electrons. The van der Waals surface area contributed by atoms with Crippen LogP contribution in [0.4, 0.5) is 0 Å². The molecular formula is C16H23N3O. The number of carbonyl (C=O) groups is 1. The summed E-state index contributed by atoms with van der Waals surface area (Å²) in [4.78, 5) is 13.8. The SMILES string of the molecule is CN(Cc1cccc(C#N)c1)C(=O)CC(N)C(C)(C)C. The minimum absolute atomic E-state index is 0.0229. The molecule has 20 heavy (non-hydrogen) atoms. The molecule has 0 spiro atoms. The number of nitriles is 1. The molecule has 2 N–H and O–H groups in total. The number of hydrogen-bond donors (Lipinski definition) is 1. The summed E-state index contributed by atoms with van der Waals surface area (Å²) in [6.45, 7) is 6.58. The molecule has 0 aliphatic carbocycles. The van der Waals surface area contributed by atoms with E-state index in [-0.39, 0.29) is 17.4 Å². The van der Waals surface area contributed by atoms with E-state index < -0.39 is 0 Å². The molecule has 1 aromatic carbocycles. The molecule has 0 heterocycles. The Bertz CT molecular complexity index is 511. The van der Waals surface area contributed by atoms with E-state index in [0.29, 0.717) is 18.5 Å². The highest BCUT2D eigenvalue weighted by Gasteiger charge is 2.24. The third-order valence-corrected chi connectivity index (χ3v) is 3.41. The Morgan fingerprint density at radius 3 is 2.65 bits per heavy atom. The van der Waals surface area contributed by atoms with Crippen molar-refractivity contribution in [3.8, 4) is 6.07 Å². The lowest BCUT2D eigenvalue weighted by atomic mass is 9.85. The van der Waals surface area contributed by atoms with Crippen LogP contribution in [0.5, 0.6) is 0 Å². The van der Waals surface area contributed by atoms with Crippen molar-refractivity contribution in [3.63, 3.8) is 0 Å². The summed E-state index contributed by atoms with van der Waals surface area (Å²) in [6, 6.07) is 9.22. The van der Waals surface area contributed by atoms with Gasteiger partial charge in [-0.2, -0.15) is 5.26 Å². The topological polar surface area (TPSA) is 70.1 Å². The predicted octanol–water partition coefficient (Wildman–Crippen LogP) is 2.28. The van der Waals surface area contributed by atoms with Gasteiger partial charge in [0, 0.05) is 26.1 Å². The van der Waals surface area contributed by atoms with Gasteiger partial charge >= 0.3 is 0 Å². The molecule has 4 nitrogen and oxygen atoms in total. The Morgan fingerprint density at radius 2 is 2.10 bits per heavy atom. The van der Waals surface area contributed by atoms with E-state index in [1.54, 1.807) is 24.1 Å². The number of benzene rings is 1. The van der Waals surface area contributed by atoms with Gasteiger partial charge < -0.3 is 10.6 Å². The van der Waals surface area contributed by atoms with Crippen LogP contribution in [-0.4, -0.2) is 23.9 Å². The summed E-state index contributed by atoms with van der Waals surface area (Å²) < 4.78 is 0. The Hall–Kier alpha value is -1.86. The van der Waals surface area contributed by atoms with E-state index in [1.165, 1.54) is 0 Å². The van der Waals surface area contributed by atoms with E-state index in [4.69, 9.17) is 11.0 Å². The molecule has 1 amide bonds. The second-order valence-corrected chi connectivity index (χ2v) is 6.24. The van der Waals surface area contributed by atoms with Crippen molar-refractivity contribution in [2.24, 2.45) is 11.1 Å². The Balaban J connectivity index is 2.64. The van der Waals surface area contributed by atoms with Crippen LogP contribution in [0.2, 0.25) is 0 Å². The highest BCUT2D eigenvalue weighted by atomic mass is 16.2. The predicted molar refractivity (Wildman–Crippen MR) is 79.7 cm³/mol. The molecule has 0 fully saturated rings. The summed E-state index contributed by atoms with van der Waals surface area (Å²) in [7, 11) is 1.76. The molecule has 0 bridgehead atoms. The summed E-state index contributed by atoms with van der Waals surface area (Å²) >= 11 is 0. The van der Waals surface area contributed by atoms with Gasteiger partial charge in [0.2, 0.25) is 5.91 Å². The molecule has 1 rings (SSSR count). The van der Waals surface area contributed by atoms with Gasteiger partial charge in [0.15, 0.2) is 0 Å². The van der Waals surface area contributed by atoms with E-state index in [1.807, 2.05) is 32.9 Å². The third kappa shape index (κ3) is 4.67. The van der Waals surface area contributed by atoms with E-state index in [0.717, 1.165) is 5.56 Å². The van der Waals surface area contributed by atoms with Crippen LogP contribution in [0.1, 0.15) is 38.3 Å². The number of nitrogens with two attached hydrogens (primary N) is 1. The maximum absolute atomic E-state index is 12.1. The number of rotatable bonds is 4. The zero-order valence-corrected chi connectivity index (χ0v) is 12.7. The van der Waals surface area contributed by atoms with Gasteiger partial charge in [0.1, 0.15) is 0 Å². The van der Waals surface area contributed by atoms with Crippen LogP contribution in [-0.2, 0) is 11.3 Å².